The first-order valence-electron chi connectivity index (χ1n) is 2.50. The van der Waals surface area contributed by atoms with E-state index < -0.39 is 0 Å². The summed E-state index contributed by atoms with van der Waals surface area (Å²) in [6.45, 7) is 0.734. The lowest BCUT2D eigenvalue weighted by atomic mass is 10.5. The molecule has 9 heavy (non-hydrogen) atoms. The maximum absolute atomic E-state index is 5.12. The molecule has 0 unspecified atom stereocenters. The standard InChI is InChI=1S/C5H7BrN2S/c6-4-1-2-9-5(4)3-8-7/h1-2,8H,3,7H2. The first-order valence-corrected chi connectivity index (χ1v) is 4.17. The normalized spacial score (nSPS) is 10.0. The van der Waals surface area contributed by atoms with Gasteiger partial charge in [0.2, 0.25) is 0 Å². The summed E-state index contributed by atoms with van der Waals surface area (Å²) in [6.07, 6.45) is 0. The van der Waals surface area contributed by atoms with Crippen LogP contribution in [0.15, 0.2) is 15.9 Å². The average molecular weight is 207 g/mol. The fourth-order valence-corrected chi connectivity index (χ4v) is 1.99. The van der Waals surface area contributed by atoms with Crippen molar-refractivity contribution in [1.82, 2.24) is 5.43 Å². The highest BCUT2D eigenvalue weighted by Gasteiger charge is 1.97. The molecule has 0 aliphatic carbocycles. The van der Waals surface area contributed by atoms with Gasteiger partial charge in [-0.05, 0) is 27.4 Å². The zero-order valence-corrected chi connectivity index (χ0v) is 7.13. The fraction of sp³-hybridized carbons (Fsp3) is 0.200. The van der Waals surface area contributed by atoms with E-state index in [0.29, 0.717) is 0 Å². The summed E-state index contributed by atoms with van der Waals surface area (Å²) in [4.78, 5) is 1.23. The number of hydrogen-bond donors (Lipinski definition) is 2. The Labute approximate surface area is 66.2 Å². The number of halogens is 1. The van der Waals surface area contributed by atoms with Crippen LogP contribution in [-0.2, 0) is 6.54 Å². The minimum Gasteiger partial charge on any atom is -0.271 e. The maximum Gasteiger partial charge on any atom is 0.0454 e. The predicted molar refractivity (Wildman–Crippen MR) is 43.0 cm³/mol. The molecule has 1 aromatic heterocycles. The van der Waals surface area contributed by atoms with Crippen molar-refractivity contribution in [2.75, 3.05) is 0 Å². The maximum atomic E-state index is 5.12. The van der Waals surface area contributed by atoms with Crippen molar-refractivity contribution in [3.05, 3.63) is 20.8 Å². The molecule has 3 N–H and O–H groups in total. The van der Waals surface area contributed by atoms with Crippen LogP contribution in [0.3, 0.4) is 0 Å². The van der Waals surface area contributed by atoms with Crippen molar-refractivity contribution in [2.45, 2.75) is 6.54 Å². The molecule has 0 spiro atoms. The largest absolute Gasteiger partial charge is 0.271 e. The van der Waals surface area contributed by atoms with Gasteiger partial charge in [0.15, 0.2) is 0 Å². The van der Waals surface area contributed by atoms with Crippen LogP contribution in [0.25, 0.3) is 0 Å². The third kappa shape index (κ3) is 1.76. The summed E-state index contributed by atoms with van der Waals surface area (Å²) in [5.74, 6) is 5.12. The van der Waals surface area contributed by atoms with Gasteiger partial charge in [-0.25, -0.2) is 0 Å². The number of hydrazine groups is 1. The Morgan fingerprint density at radius 3 is 3.00 bits per heavy atom. The second kappa shape index (κ2) is 3.31. The van der Waals surface area contributed by atoms with E-state index in [4.69, 9.17) is 5.84 Å². The van der Waals surface area contributed by atoms with Crippen molar-refractivity contribution < 1.29 is 0 Å². The Morgan fingerprint density at radius 2 is 2.56 bits per heavy atom. The monoisotopic (exact) mass is 206 g/mol. The molecule has 0 saturated heterocycles. The summed E-state index contributed by atoms with van der Waals surface area (Å²) in [6, 6.07) is 2.01. The zero-order chi connectivity index (χ0) is 6.69. The van der Waals surface area contributed by atoms with Crippen LogP contribution in [0.5, 0.6) is 0 Å². The molecule has 1 heterocycles. The first-order chi connectivity index (χ1) is 4.34. The molecule has 0 amide bonds. The molecule has 2 nitrogen and oxygen atoms in total. The molecule has 0 aliphatic rings. The van der Waals surface area contributed by atoms with Gasteiger partial charge in [0.1, 0.15) is 0 Å². The molecule has 0 fully saturated rings. The quantitative estimate of drug-likeness (QED) is 0.569. The highest BCUT2D eigenvalue weighted by molar-refractivity contribution is 9.10. The van der Waals surface area contributed by atoms with Crippen molar-refractivity contribution >= 4 is 27.3 Å². The van der Waals surface area contributed by atoms with Crippen molar-refractivity contribution in [3.63, 3.8) is 0 Å². The van der Waals surface area contributed by atoms with Crippen LogP contribution in [0.4, 0.5) is 0 Å². The lowest BCUT2D eigenvalue weighted by molar-refractivity contribution is 0.749. The van der Waals surface area contributed by atoms with E-state index in [-0.39, 0.29) is 0 Å². The van der Waals surface area contributed by atoms with Gasteiger partial charge in [-0.1, -0.05) is 0 Å². The van der Waals surface area contributed by atoms with Crippen LogP contribution < -0.4 is 11.3 Å². The lowest BCUT2D eigenvalue weighted by Crippen LogP contribution is -2.20. The first kappa shape index (κ1) is 7.21. The van der Waals surface area contributed by atoms with Crippen LogP contribution in [0.1, 0.15) is 4.88 Å². The summed E-state index contributed by atoms with van der Waals surface area (Å²) >= 11 is 5.07. The molecule has 1 aromatic rings. The summed E-state index contributed by atoms with van der Waals surface area (Å²) < 4.78 is 1.13. The zero-order valence-electron chi connectivity index (χ0n) is 4.73. The van der Waals surface area contributed by atoms with Crippen LogP contribution >= 0.6 is 27.3 Å². The van der Waals surface area contributed by atoms with Gasteiger partial charge in [0.25, 0.3) is 0 Å². The molecular weight excluding hydrogens is 200 g/mol. The van der Waals surface area contributed by atoms with Gasteiger partial charge in [-0.3, -0.25) is 11.3 Å². The number of nitrogens with two attached hydrogens (primary N) is 1. The Morgan fingerprint density at radius 1 is 1.78 bits per heavy atom. The third-order valence-electron chi connectivity index (χ3n) is 0.954. The summed E-state index contributed by atoms with van der Waals surface area (Å²) in [7, 11) is 0. The second-order valence-electron chi connectivity index (χ2n) is 1.57. The minimum atomic E-state index is 0.734. The predicted octanol–water partition coefficient (Wildman–Crippen LogP) is 1.47. The van der Waals surface area contributed by atoms with Gasteiger partial charge >= 0.3 is 0 Å². The highest BCUT2D eigenvalue weighted by Crippen LogP contribution is 2.21. The Hall–Kier alpha value is 0.100. The summed E-state index contributed by atoms with van der Waals surface area (Å²) in [5.41, 5.74) is 2.59. The smallest absolute Gasteiger partial charge is 0.0454 e. The van der Waals surface area contributed by atoms with Gasteiger partial charge in [-0.15, -0.1) is 11.3 Å². The van der Waals surface area contributed by atoms with Crippen molar-refractivity contribution in [3.8, 4) is 0 Å². The fourth-order valence-electron chi connectivity index (χ4n) is 0.544. The number of rotatable bonds is 2. The van der Waals surface area contributed by atoms with Gasteiger partial charge in [0, 0.05) is 15.9 Å². The topological polar surface area (TPSA) is 38.0 Å². The second-order valence-corrected chi connectivity index (χ2v) is 3.43. The Balaban J connectivity index is 2.69. The van der Waals surface area contributed by atoms with E-state index in [1.165, 1.54) is 4.88 Å². The van der Waals surface area contributed by atoms with Crippen LogP contribution in [0.2, 0.25) is 0 Å². The minimum absolute atomic E-state index is 0.734. The van der Waals surface area contributed by atoms with Gasteiger partial charge in [-0.2, -0.15) is 0 Å². The van der Waals surface area contributed by atoms with E-state index >= 15 is 0 Å². The molecule has 0 saturated carbocycles. The number of nitrogens with one attached hydrogen (secondary N) is 1. The van der Waals surface area contributed by atoms with Gasteiger partial charge < -0.3 is 0 Å². The molecule has 0 atom stereocenters. The Bertz CT molecular complexity index is 187. The van der Waals surface area contributed by atoms with E-state index in [2.05, 4.69) is 21.4 Å². The van der Waals surface area contributed by atoms with Crippen LogP contribution in [0, 0.1) is 0 Å². The molecule has 0 radical (unpaired) electrons. The third-order valence-corrected chi connectivity index (χ3v) is 2.88. The van der Waals surface area contributed by atoms with E-state index in [1.807, 2.05) is 11.4 Å². The highest BCUT2D eigenvalue weighted by atomic mass is 79.9. The van der Waals surface area contributed by atoms with Crippen molar-refractivity contribution in [1.29, 1.82) is 0 Å². The number of hydrogen-bond acceptors (Lipinski definition) is 3. The van der Waals surface area contributed by atoms with E-state index in [1.54, 1.807) is 11.3 Å². The van der Waals surface area contributed by atoms with E-state index in [0.717, 1.165) is 11.0 Å². The molecule has 0 aliphatic heterocycles. The summed E-state index contributed by atoms with van der Waals surface area (Å²) in [5, 5.41) is 2.02. The van der Waals surface area contributed by atoms with Crippen LogP contribution in [-0.4, -0.2) is 0 Å². The molecular formula is C5H7BrN2S. The molecule has 0 aromatic carbocycles. The Kier molecular flexibility index (Phi) is 2.65. The van der Waals surface area contributed by atoms with E-state index in [9.17, 15) is 0 Å². The number of thiophene rings is 1. The average Bonchev–Trinajstić information content (AvgIpc) is 2.18. The lowest BCUT2D eigenvalue weighted by Gasteiger charge is -1.93. The molecule has 50 valence electrons. The van der Waals surface area contributed by atoms with Gasteiger partial charge in [0.05, 0.1) is 0 Å². The molecule has 4 heteroatoms. The SMILES string of the molecule is NNCc1sccc1Br. The molecule has 1 rings (SSSR count). The van der Waals surface area contributed by atoms with Crippen molar-refractivity contribution in [2.24, 2.45) is 5.84 Å². The molecule has 0 bridgehead atoms.